The minimum atomic E-state index is -2.51. The first-order chi connectivity index (χ1) is 15.5. The van der Waals surface area contributed by atoms with Gasteiger partial charge in [0.2, 0.25) is 5.78 Å². The molecule has 2 aliphatic rings. The molecule has 0 bridgehead atoms. The number of rotatable bonds is 9. The van der Waals surface area contributed by atoms with Crippen LogP contribution in [0.2, 0.25) is 18.1 Å². The SMILES string of the molecule is CCCCOc1noc2c1C(=O)[C@@]1(O[Si](C)(C)C(C)(C)C)C(=O)C=CCC1[C@@H]2N(CC)CC. The second-order valence-electron chi connectivity index (χ2n) is 10.6. The molecule has 33 heavy (non-hydrogen) atoms. The molecule has 0 spiro atoms. The Labute approximate surface area is 199 Å². The molecule has 1 unspecified atom stereocenters. The van der Waals surface area contributed by atoms with E-state index in [0.29, 0.717) is 18.8 Å². The molecule has 3 rings (SSSR count). The molecule has 1 aromatic heterocycles. The van der Waals surface area contributed by atoms with Crippen LogP contribution in [0.1, 0.15) is 83.0 Å². The lowest BCUT2D eigenvalue weighted by Crippen LogP contribution is -2.66. The Morgan fingerprint density at radius 3 is 2.45 bits per heavy atom. The summed E-state index contributed by atoms with van der Waals surface area (Å²) in [5, 5.41) is 3.99. The van der Waals surface area contributed by atoms with Crippen LogP contribution in [0.5, 0.6) is 5.88 Å². The average molecular weight is 477 g/mol. The van der Waals surface area contributed by atoms with E-state index in [2.05, 4.69) is 64.7 Å². The summed E-state index contributed by atoms with van der Waals surface area (Å²) < 4.78 is 18.6. The van der Waals surface area contributed by atoms with Gasteiger partial charge in [0.1, 0.15) is 5.56 Å². The molecule has 1 heterocycles. The third-order valence-electron chi connectivity index (χ3n) is 7.61. The van der Waals surface area contributed by atoms with E-state index < -0.39 is 13.9 Å². The molecule has 1 aromatic rings. The molecule has 0 aliphatic heterocycles. The highest BCUT2D eigenvalue weighted by atomic mass is 28.4. The van der Waals surface area contributed by atoms with Crippen LogP contribution in [0.25, 0.3) is 0 Å². The van der Waals surface area contributed by atoms with E-state index in [1.54, 1.807) is 0 Å². The molecule has 0 amide bonds. The van der Waals surface area contributed by atoms with Crippen molar-refractivity contribution in [3.05, 3.63) is 23.5 Å². The van der Waals surface area contributed by atoms with Gasteiger partial charge in [0.15, 0.2) is 25.5 Å². The van der Waals surface area contributed by atoms with Gasteiger partial charge in [0.25, 0.3) is 5.88 Å². The first-order valence-electron chi connectivity index (χ1n) is 12.3. The topological polar surface area (TPSA) is 81.9 Å². The maximum atomic E-state index is 14.3. The van der Waals surface area contributed by atoms with Crippen LogP contribution in [-0.2, 0) is 9.22 Å². The van der Waals surface area contributed by atoms with Gasteiger partial charge in [0.05, 0.1) is 12.6 Å². The number of unbranched alkanes of at least 4 members (excludes halogenated alkanes) is 1. The molecular weight excluding hydrogens is 436 g/mol. The van der Waals surface area contributed by atoms with Crippen molar-refractivity contribution in [1.82, 2.24) is 10.1 Å². The van der Waals surface area contributed by atoms with Crippen molar-refractivity contribution in [3.63, 3.8) is 0 Å². The molecule has 2 aliphatic carbocycles. The minimum Gasteiger partial charge on any atom is -0.475 e. The number of allylic oxidation sites excluding steroid dienone is 1. The number of carbonyl (C=O) groups is 2. The molecule has 0 aromatic carbocycles. The fourth-order valence-electron chi connectivity index (χ4n) is 4.67. The van der Waals surface area contributed by atoms with Gasteiger partial charge in [-0.2, -0.15) is 0 Å². The zero-order valence-corrected chi connectivity index (χ0v) is 22.5. The zero-order valence-electron chi connectivity index (χ0n) is 21.5. The summed E-state index contributed by atoms with van der Waals surface area (Å²) in [5.74, 6) is -0.354. The quantitative estimate of drug-likeness (QED) is 0.270. The molecule has 3 atom stereocenters. The largest absolute Gasteiger partial charge is 0.475 e. The van der Waals surface area contributed by atoms with E-state index in [4.69, 9.17) is 13.7 Å². The van der Waals surface area contributed by atoms with E-state index in [9.17, 15) is 9.59 Å². The summed E-state index contributed by atoms with van der Waals surface area (Å²) in [5.41, 5.74) is -1.31. The summed E-state index contributed by atoms with van der Waals surface area (Å²) in [6.07, 6.45) is 5.74. The normalized spacial score (nSPS) is 25.4. The number of fused-ring (bicyclic) bond motifs is 2. The lowest BCUT2D eigenvalue weighted by Gasteiger charge is -2.52. The fraction of sp³-hybridized carbons (Fsp3) is 0.720. The van der Waals surface area contributed by atoms with E-state index in [0.717, 1.165) is 25.9 Å². The van der Waals surface area contributed by atoms with Crippen LogP contribution in [0.15, 0.2) is 16.7 Å². The summed E-state index contributed by atoms with van der Waals surface area (Å²) in [6, 6.07) is -0.303. The van der Waals surface area contributed by atoms with Crippen LogP contribution < -0.4 is 4.74 Å². The number of aromatic nitrogens is 1. The van der Waals surface area contributed by atoms with E-state index in [-0.39, 0.29) is 40.0 Å². The Morgan fingerprint density at radius 2 is 1.88 bits per heavy atom. The van der Waals surface area contributed by atoms with Gasteiger partial charge in [-0.1, -0.05) is 54.0 Å². The van der Waals surface area contributed by atoms with Crippen molar-refractivity contribution >= 4 is 19.9 Å². The predicted octanol–water partition coefficient (Wildman–Crippen LogP) is 5.34. The third-order valence-corrected chi connectivity index (χ3v) is 12.1. The van der Waals surface area contributed by atoms with Crippen molar-refractivity contribution in [2.24, 2.45) is 5.92 Å². The van der Waals surface area contributed by atoms with Gasteiger partial charge >= 0.3 is 0 Å². The third kappa shape index (κ3) is 4.26. The van der Waals surface area contributed by atoms with Crippen LogP contribution in [0.4, 0.5) is 0 Å². The first kappa shape index (κ1) is 25.8. The Balaban J connectivity index is 2.24. The molecule has 8 heteroatoms. The maximum absolute atomic E-state index is 14.3. The van der Waals surface area contributed by atoms with Gasteiger partial charge in [-0.25, -0.2) is 0 Å². The van der Waals surface area contributed by atoms with Gasteiger partial charge in [-0.05, 0) is 55.3 Å². The van der Waals surface area contributed by atoms with Crippen LogP contribution in [-0.4, -0.2) is 55.2 Å². The average Bonchev–Trinajstić information content (AvgIpc) is 3.15. The summed E-state index contributed by atoms with van der Waals surface area (Å²) in [6.45, 7) is 18.7. The lowest BCUT2D eigenvalue weighted by molar-refractivity contribution is -0.135. The molecule has 0 saturated carbocycles. The Hall–Kier alpha value is -1.77. The van der Waals surface area contributed by atoms with Crippen molar-refractivity contribution < 1.29 is 23.3 Å². The number of hydrogen-bond acceptors (Lipinski definition) is 7. The number of ketones is 2. The predicted molar refractivity (Wildman–Crippen MR) is 130 cm³/mol. The first-order valence-corrected chi connectivity index (χ1v) is 15.2. The minimum absolute atomic E-state index is 0.173. The molecular formula is C25H40N2O5Si. The standard InChI is InChI=1S/C25H40N2O5Si/c1-9-12-16-30-23-19-21(31-26-23)20(27(10-2)11-3)17-14-13-15-18(28)25(17,22(19)29)32-33(7,8)24(4,5)6/h13,15,17,20H,9-12,14,16H2,1-8H3/t17?,20-,25-/m0/s1. The van der Waals surface area contributed by atoms with Crippen LogP contribution in [0, 0.1) is 5.92 Å². The Bertz CT molecular complexity index is 912. The molecule has 0 radical (unpaired) electrons. The Kier molecular flexibility index (Phi) is 7.41. The number of hydrogen-bond donors (Lipinski definition) is 0. The van der Waals surface area contributed by atoms with E-state index in [1.807, 2.05) is 6.08 Å². The monoisotopic (exact) mass is 476 g/mol. The molecule has 0 fully saturated rings. The highest BCUT2D eigenvalue weighted by molar-refractivity contribution is 6.74. The van der Waals surface area contributed by atoms with Gasteiger partial charge in [-0.15, -0.1) is 0 Å². The number of ether oxygens (including phenoxy) is 1. The molecule has 0 N–H and O–H groups in total. The van der Waals surface area contributed by atoms with Crippen LogP contribution in [0.3, 0.4) is 0 Å². The second-order valence-corrected chi connectivity index (χ2v) is 15.4. The van der Waals surface area contributed by atoms with Crippen molar-refractivity contribution in [3.8, 4) is 5.88 Å². The fourth-order valence-corrected chi connectivity index (χ4v) is 6.12. The number of nitrogens with zero attached hydrogens (tertiary/aromatic N) is 2. The maximum Gasteiger partial charge on any atom is 0.265 e. The van der Waals surface area contributed by atoms with Gasteiger partial charge in [0, 0.05) is 5.92 Å². The Morgan fingerprint density at radius 1 is 1.21 bits per heavy atom. The van der Waals surface area contributed by atoms with Crippen LogP contribution >= 0.6 is 0 Å². The molecule has 7 nitrogen and oxygen atoms in total. The summed E-state index contributed by atoms with van der Waals surface area (Å²) in [4.78, 5) is 30.2. The number of carbonyl (C=O) groups excluding carboxylic acids is 2. The van der Waals surface area contributed by atoms with E-state index >= 15 is 0 Å². The second kappa shape index (κ2) is 9.47. The summed E-state index contributed by atoms with van der Waals surface area (Å²) >= 11 is 0. The highest BCUT2D eigenvalue weighted by Crippen LogP contribution is 2.54. The van der Waals surface area contributed by atoms with Crippen molar-refractivity contribution in [2.75, 3.05) is 19.7 Å². The molecule has 184 valence electrons. The van der Waals surface area contributed by atoms with Gasteiger partial charge in [-0.3, -0.25) is 14.5 Å². The van der Waals surface area contributed by atoms with Crippen molar-refractivity contribution in [2.45, 2.75) is 90.6 Å². The zero-order chi connectivity index (χ0) is 24.6. The number of Topliss-reactive ketones (excluding diaryl/α,β-unsaturated/α-hetero) is 1. The smallest absolute Gasteiger partial charge is 0.265 e. The summed E-state index contributed by atoms with van der Waals surface area (Å²) in [7, 11) is -2.51. The molecule has 0 saturated heterocycles. The van der Waals surface area contributed by atoms with E-state index in [1.165, 1.54) is 6.08 Å². The van der Waals surface area contributed by atoms with Crippen molar-refractivity contribution in [1.29, 1.82) is 0 Å². The highest BCUT2D eigenvalue weighted by Gasteiger charge is 2.65. The van der Waals surface area contributed by atoms with Gasteiger partial charge < -0.3 is 13.7 Å². The lowest BCUT2D eigenvalue weighted by atomic mass is 9.65.